The van der Waals surface area contributed by atoms with Gasteiger partial charge in [-0.05, 0) is 17.7 Å². The summed E-state index contributed by atoms with van der Waals surface area (Å²) in [5, 5.41) is 4.66. The summed E-state index contributed by atoms with van der Waals surface area (Å²) in [4.78, 5) is 23.5. The number of alkyl halides is 3. The first-order valence-electron chi connectivity index (χ1n) is 7.13. The van der Waals surface area contributed by atoms with Crippen LogP contribution in [0.5, 0.6) is 0 Å². The highest BCUT2D eigenvalue weighted by molar-refractivity contribution is 6.03. The molecule has 24 heavy (non-hydrogen) atoms. The monoisotopic (exact) mass is 336 g/mol. The number of benzene rings is 2. The van der Waals surface area contributed by atoms with E-state index >= 15 is 0 Å². The van der Waals surface area contributed by atoms with Gasteiger partial charge in [-0.3, -0.25) is 9.59 Å². The van der Waals surface area contributed by atoms with Crippen LogP contribution in [0.4, 0.5) is 18.9 Å². The second-order valence-corrected chi connectivity index (χ2v) is 5.03. The van der Waals surface area contributed by atoms with Crippen molar-refractivity contribution < 1.29 is 22.8 Å². The highest BCUT2D eigenvalue weighted by atomic mass is 19.4. The SMILES string of the molecule is O=C(CC(=O)Nc1ccccc1C(F)(F)F)NCc1ccccc1. The number of halogens is 3. The van der Waals surface area contributed by atoms with Gasteiger partial charge in [0.15, 0.2) is 0 Å². The van der Waals surface area contributed by atoms with E-state index < -0.39 is 30.0 Å². The van der Waals surface area contributed by atoms with E-state index in [4.69, 9.17) is 0 Å². The number of hydrogen-bond donors (Lipinski definition) is 2. The van der Waals surface area contributed by atoms with Crippen LogP contribution in [0.3, 0.4) is 0 Å². The predicted octanol–water partition coefficient (Wildman–Crippen LogP) is 3.35. The minimum Gasteiger partial charge on any atom is -0.352 e. The molecule has 2 rings (SSSR count). The number of rotatable bonds is 5. The van der Waals surface area contributed by atoms with Crippen LogP contribution >= 0.6 is 0 Å². The van der Waals surface area contributed by atoms with E-state index in [-0.39, 0.29) is 12.2 Å². The van der Waals surface area contributed by atoms with E-state index in [1.54, 1.807) is 12.1 Å². The molecular formula is C17H15F3N2O2. The molecule has 0 aliphatic carbocycles. The van der Waals surface area contributed by atoms with Crippen molar-refractivity contribution in [2.75, 3.05) is 5.32 Å². The number of nitrogens with one attached hydrogen (secondary N) is 2. The molecule has 0 bridgehead atoms. The van der Waals surface area contributed by atoms with Crippen LogP contribution in [0.15, 0.2) is 54.6 Å². The summed E-state index contributed by atoms with van der Waals surface area (Å²) in [6, 6.07) is 13.7. The Hall–Kier alpha value is -2.83. The maximum atomic E-state index is 12.8. The molecule has 2 amide bonds. The summed E-state index contributed by atoms with van der Waals surface area (Å²) in [5.41, 5.74) is -0.470. The van der Waals surface area contributed by atoms with Crippen LogP contribution in [0.2, 0.25) is 0 Å². The van der Waals surface area contributed by atoms with Crippen molar-refractivity contribution >= 4 is 17.5 Å². The zero-order chi connectivity index (χ0) is 17.6. The minimum atomic E-state index is -4.58. The summed E-state index contributed by atoms with van der Waals surface area (Å²) in [6.45, 7) is 0.242. The van der Waals surface area contributed by atoms with E-state index in [0.29, 0.717) is 0 Å². The standard InChI is InChI=1S/C17H15F3N2O2/c18-17(19,20)13-8-4-5-9-14(13)22-16(24)10-15(23)21-11-12-6-2-1-3-7-12/h1-9H,10-11H2,(H,21,23)(H,22,24). The van der Waals surface area contributed by atoms with Gasteiger partial charge in [0.1, 0.15) is 6.42 Å². The molecule has 0 aliphatic rings. The van der Waals surface area contributed by atoms with Crippen LogP contribution in [0, 0.1) is 0 Å². The normalized spacial score (nSPS) is 11.0. The van der Waals surface area contributed by atoms with Crippen LogP contribution in [0.25, 0.3) is 0 Å². The van der Waals surface area contributed by atoms with Gasteiger partial charge in [0, 0.05) is 6.54 Å². The molecule has 0 spiro atoms. The van der Waals surface area contributed by atoms with Gasteiger partial charge in [-0.2, -0.15) is 13.2 Å². The Bertz CT molecular complexity index is 715. The molecule has 0 radical (unpaired) electrons. The van der Waals surface area contributed by atoms with Crippen LogP contribution in [-0.4, -0.2) is 11.8 Å². The largest absolute Gasteiger partial charge is 0.418 e. The molecule has 0 atom stereocenters. The Morgan fingerprint density at radius 3 is 2.17 bits per heavy atom. The molecule has 0 aromatic heterocycles. The summed E-state index contributed by atoms with van der Waals surface area (Å²) < 4.78 is 38.5. The van der Waals surface area contributed by atoms with Crippen molar-refractivity contribution in [2.45, 2.75) is 19.1 Å². The lowest BCUT2D eigenvalue weighted by atomic mass is 10.1. The van der Waals surface area contributed by atoms with E-state index in [9.17, 15) is 22.8 Å². The van der Waals surface area contributed by atoms with E-state index in [1.165, 1.54) is 12.1 Å². The fourth-order valence-corrected chi connectivity index (χ4v) is 2.04. The second-order valence-electron chi connectivity index (χ2n) is 5.03. The number of anilines is 1. The third-order valence-corrected chi connectivity index (χ3v) is 3.16. The highest BCUT2D eigenvalue weighted by Crippen LogP contribution is 2.34. The third-order valence-electron chi connectivity index (χ3n) is 3.16. The first kappa shape index (κ1) is 17.5. The van der Waals surface area contributed by atoms with E-state index in [0.717, 1.165) is 17.7 Å². The smallest absolute Gasteiger partial charge is 0.352 e. The van der Waals surface area contributed by atoms with Crippen molar-refractivity contribution in [3.05, 3.63) is 65.7 Å². The first-order chi connectivity index (χ1) is 11.4. The Balaban J connectivity index is 1.90. The summed E-state index contributed by atoms with van der Waals surface area (Å²) in [5.74, 6) is -1.38. The molecule has 0 saturated carbocycles. The minimum absolute atomic E-state index is 0.242. The number of amides is 2. The Kier molecular flexibility index (Phi) is 5.57. The zero-order valence-electron chi connectivity index (χ0n) is 12.6. The van der Waals surface area contributed by atoms with Crippen LogP contribution < -0.4 is 10.6 Å². The average Bonchev–Trinajstić information content (AvgIpc) is 2.53. The van der Waals surface area contributed by atoms with Crippen molar-refractivity contribution in [1.29, 1.82) is 0 Å². The van der Waals surface area contributed by atoms with Crippen LogP contribution in [-0.2, 0) is 22.3 Å². The molecule has 2 aromatic rings. The van der Waals surface area contributed by atoms with Gasteiger partial charge in [0.2, 0.25) is 11.8 Å². The Labute approximate surface area is 136 Å². The molecular weight excluding hydrogens is 321 g/mol. The third kappa shape index (κ3) is 5.12. The molecule has 0 fully saturated rings. The molecule has 2 N–H and O–H groups in total. The fourth-order valence-electron chi connectivity index (χ4n) is 2.04. The lowest BCUT2D eigenvalue weighted by molar-refractivity contribution is -0.137. The first-order valence-corrected chi connectivity index (χ1v) is 7.13. The molecule has 0 unspecified atom stereocenters. The maximum absolute atomic E-state index is 12.8. The van der Waals surface area contributed by atoms with Gasteiger partial charge >= 0.3 is 6.18 Å². The second kappa shape index (κ2) is 7.63. The zero-order valence-corrected chi connectivity index (χ0v) is 12.6. The highest BCUT2D eigenvalue weighted by Gasteiger charge is 2.33. The van der Waals surface area contributed by atoms with Crippen molar-refractivity contribution in [2.24, 2.45) is 0 Å². The fraction of sp³-hybridized carbons (Fsp3) is 0.176. The molecule has 2 aromatic carbocycles. The Morgan fingerprint density at radius 2 is 1.50 bits per heavy atom. The lowest BCUT2D eigenvalue weighted by Crippen LogP contribution is -2.28. The molecule has 0 heterocycles. The van der Waals surface area contributed by atoms with Gasteiger partial charge in [-0.15, -0.1) is 0 Å². The number of carbonyl (C=O) groups is 2. The summed E-state index contributed by atoms with van der Waals surface area (Å²) in [7, 11) is 0. The van der Waals surface area contributed by atoms with E-state index in [2.05, 4.69) is 10.6 Å². The Morgan fingerprint density at radius 1 is 0.875 bits per heavy atom. The van der Waals surface area contributed by atoms with Gasteiger partial charge < -0.3 is 10.6 Å². The molecule has 0 saturated heterocycles. The summed E-state index contributed by atoms with van der Waals surface area (Å²) in [6.07, 6.45) is -5.14. The number of hydrogen-bond acceptors (Lipinski definition) is 2. The quantitative estimate of drug-likeness (QED) is 0.823. The molecule has 126 valence electrons. The molecule has 0 aliphatic heterocycles. The van der Waals surface area contributed by atoms with Crippen LogP contribution in [0.1, 0.15) is 17.5 Å². The number of para-hydroxylation sites is 1. The molecule has 4 nitrogen and oxygen atoms in total. The van der Waals surface area contributed by atoms with Crippen molar-refractivity contribution in [3.8, 4) is 0 Å². The van der Waals surface area contributed by atoms with Gasteiger partial charge in [-0.25, -0.2) is 0 Å². The van der Waals surface area contributed by atoms with Gasteiger partial charge in [0.05, 0.1) is 11.3 Å². The topological polar surface area (TPSA) is 58.2 Å². The van der Waals surface area contributed by atoms with Crippen molar-refractivity contribution in [3.63, 3.8) is 0 Å². The maximum Gasteiger partial charge on any atom is 0.418 e. The predicted molar refractivity (Wildman–Crippen MR) is 83.0 cm³/mol. The van der Waals surface area contributed by atoms with Crippen molar-refractivity contribution in [1.82, 2.24) is 5.32 Å². The lowest BCUT2D eigenvalue weighted by Gasteiger charge is -2.13. The van der Waals surface area contributed by atoms with Gasteiger partial charge in [0.25, 0.3) is 0 Å². The van der Waals surface area contributed by atoms with Gasteiger partial charge in [-0.1, -0.05) is 42.5 Å². The average molecular weight is 336 g/mol. The summed E-state index contributed by atoms with van der Waals surface area (Å²) >= 11 is 0. The molecule has 7 heteroatoms. The van der Waals surface area contributed by atoms with E-state index in [1.807, 2.05) is 18.2 Å². The number of carbonyl (C=O) groups excluding carboxylic acids is 2.